The van der Waals surface area contributed by atoms with Gasteiger partial charge in [-0.15, -0.1) is 0 Å². The van der Waals surface area contributed by atoms with Crippen molar-refractivity contribution >= 4 is 34.4 Å². The summed E-state index contributed by atoms with van der Waals surface area (Å²) in [7, 11) is 0. The molecule has 8 nitrogen and oxygen atoms in total. The van der Waals surface area contributed by atoms with Gasteiger partial charge in [-0.2, -0.15) is 0 Å². The van der Waals surface area contributed by atoms with Crippen LogP contribution >= 0.6 is 0 Å². The maximum absolute atomic E-state index is 11.2. The highest BCUT2D eigenvalue weighted by Gasteiger charge is 2.17. The molecule has 2 heterocycles. The van der Waals surface area contributed by atoms with E-state index < -0.39 is 4.92 Å². The first-order valence-electron chi connectivity index (χ1n) is 7.20. The molecular weight excluding hydrogens is 312 g/mol. The number of aromatic amines is 1. The number of non-ortho nitro benzene ring substituents is 1. The minimum atomic E-state index is -0.430. The van der Waals surface area contributed by atoms with Crippen molar-refractivity contribution in [2.75, 3.05) is 11.9 Å². The second kappa shape index (κ2) is 6.78. The SMILES string of the molecule is O=COCCc1cc2c(Nc3ccncc3)ccc([N+](=O)[O-])c2[nH]1. The fourth-order valence-electron chi connectivity index (χ4n) is 2.46. The lowest BCUT2D eigenvalue weighted by Gasteiger charge is -2.07. The van der Waals surface area contributed by atoms with Crippen molar-refractivity contribution < 1.29 is 14.5 Å². The minimum Gasteiger partial charge on any atom is -0.467 e. The summed E-state index contributed by atoms with van der Waals surface area (Å²) in [6.45, 7) is 0.582. The number of aromatic nitrogens is 2. The Balaban J connectivity index is 2.01. The van der Waals surface area contributed by atoms with E-state index in [1.807, 2.05) is 6.07 Å². The Bertz CT molecular complexity index is 876. The van der Waals surface area contributed by atoms with Crippen LogP contribution in [0, 0.1) is 10.1 Å². The summed E-state index contributed by atoms with van der Waals surface area (Å²) >= 11 is 0. The molecule has 0 spiro atoms. The Hall–Kier alpha value is -3.42. The molecule has 0 saturated heterocycles. The van der Waals surface area contributed by atoms with Crippen LogP contribution in [-0.4, -0.2) is 28.0 Å². The molecule has 0 radical (unpaired) electrons. The first kappa shape index (κ1) is 15.5. The molecule has 24 heavy (non-hydrogen) atoms. The van der Waals surface area contributed by atoms with E-state index in [9.17, 15) is 14.9 Å². The van der Waals surface area contributed by atoms with E-state index in [0.29, 0.717) is 23.8 Å². The first-order valence-corrected chi connectivity index (χ1v) is 7.20. The third kappa shape index (κ3) is 3.17. The number of carbonyl (C=O) groups excluding carboxylic acids is 1. The van der Waals surface area contributed by atoms with Gasteiger partial charge >= 0.3 is 0 Å². The highest BCUT2D eigenvalue weighted by molar-refractivity contribution is 5.99. The lowest BCUT2D eigenvalue weighted by molar-refractivity contribution is -0.383. The Morgan fingerprint density at radius 1 is 1.29 bits per heavy atom. The number of pyridine rings is 1. The summed E-state index contributed by atoms with van der Waals surface area (Å²) in [6.07, 6.45) is 3.76. The van der Waals surface area contributed by atoms with Crippen LogP contribution < -0.4 is 5.32 Å². The molecule has 0 fully saturated rings. The van der Waals surface area contributed by atoms with Crippen molar-refractivity contribution in [2.24, 2.45) is 0 Å². The maximum Gasteiger partial charge on any atom is 0.293 e. The summed E-state index contributed by atoms with van der Waals surface area (Å²) in [4.78, 5) is 28.0. The molecule has 1 aromatic carbocycles. The highest BCUT2D eigenvalue weighted by atomic mass is 16.6. The molecule has 3 rings (SSSR count). The van der Waals surface area contributed by atoms with Crippen LogP contribution in [-0.2, 0) is 16.0 Å². The van der Waals surface area contributed by atoms with Gasteiger partial charge in [0, 0.05) is 47.3 Å². The predicted octanol–water partition coefficient (Wildman–Crippen LogP) is 2.93. The molecule has 0 aliphatic heterocycles. The molecule has 8 heteroatoms. The van der Waals surface area contributed by atoms with Crippen LogP contribution in [0.5, 0.6) is 0 Å². The third-order valence-electron chi connectivity index (χ3n) is 3.54. The predicted molar refractivity (Wildman–Crippen MR) is 88.2 cm³/mol. The number of hydrogen-bond donors (Lipinski definition) is 2. The molecular formula is C16H14N4O4. The van der Waals surface area contributed by atoms with E-state index in [1.165, 1.54) is 6.07 Å². The number of H-pyrrole nitrogens is 1. The van der Waals surface area contributed by atoms with E-state index in [1.54, 1.807) is 30.6 Å². The van der Waals surface area contributed by atoms with Crippen LogP contribution in [0.1, 0.15) is 5.69 Å². The van der Waals surface area contributed by atoms with E-state index in [4.69, 9.17) is 0 Å². The molecule has 0 unspecified atom stereocenters. The van der Waals surface area contributed by atoms with E-state index in [-0.39, 0.29) is 12.3 Å². The van der Waals surface area contributed by atoms with Gasteiger partial charge in [-0.05, 0) is 24.3 Å². The third-order valence-corrected chi connectivity index (χ3v) is 3.54. The van der Waals surface area contributed by atoms with Crippen LogP contribution in [0.2, 0.25) is 0 Å². The Morgan fingerprint density at radius 2 is 2.08 bits per heavy atom. The van der Waals surface area contributed by atoms with Gasteiger partial charge in [0.2, 0.25) is 0 Å². The van der Waals surface area contributed by atoms with E-state index in [0.717, 1.165) is 17.1 Å². The van der Waals surface area contributed by atoms with Gasteiger partial charge in [0.05, 0.1) is 11.5 Å². The van der Waals surface area contributed by atoms with Gasteiger partial charge in [-0.1, -0.05) is 0 Å². The molecule has 3 aromatic rings. The van der Waals surface area contributed by atoms with Gasteiger partial charge in [0.15, 0.2) is 0 Å². The number of anilines is 2. The number of nitro groups is 1. The monoisotopic (exact) mass is 326 g/mol. The van der Waals surface area contributed by atoms with Crippen molar-refractivity contribution in [1.82, 2.24) is 9.97 Å². The van der Waals surface area contributed by atoms with Crippen LogP contribution in [0.15, 0.2) is 42.7 Å². The standard InChI is InChI=1S/C16H14N4O4/c21-10-24-8-5-12-9-13-14(18-11-3-6-17-7-4-11)1-2-15(20(22)23)16(13)19-12/h1-4,6-7,9-10,19H,5,8H2,(H,17,18). The van der Waals surface area contributed by atoms with Crippen molar-refractivity contribution in [3.8, 4) is 0 Å². The number of nitrogens with one attached hydrogen (secondary N) is 2. The summed E-state index contributed by atoms with van der Waals surface area (Å²) < 4.78 is 4.68. The summed E-state index contributed by atoms with van der Waals surface area (Å²) in [5.74, 6) is 0. The van der Waals surface area contributed by atoms with Crippen molar-refractivity contribution in [3.63, 3.8) is 0 Å². The fourth-order valence-corrected chi connectivity index (χ4v) is 2.46. The fraction of sp³-hybridized carbons (Fsp3) is 0.125. The number of rotatable bonds is 7. The summed E-state index contributed by atoms with van der Waals surface area (Å²) in [5, 5.41) is 15.2. The summed E-state index contributed by atoms with van der Waals surface area (Å²) in [5.41, 5.74) is 2.74. The molecule has 122 valence electrons. The van der Waals surface area contributed by atoms with Crippen molar-refractivity contribution in [1.29, 1.82) is 0 Å². The van der Waals surface area contributed by atoms with E-state index >= 15 is 0 Å². The number of benzene rings is 1. The average Bonchev–Trinajstić information content (AvgIpc) is 3.00. The smallest absolute Gasteiger partial charge is 0.293 e. The molecule has 2 aromatic heterocycles. The Labute approximate surface area is 136 Å². The van der Waals surface area contributed by atoms with E-state index in [2.05, 4.69) is 20.0 Å². The van der Waals surface area contributed by atoms with Crippen molar-refractivity contribution in [3.05, 3.63) is 58.5 Å². The number of carbonyl (C=O) groups is 1. The highest BCUT2D eigenvalue weighted by Crippen LogP contribution is 2.33. The second-order valence-corrected chi connectivity index (χ2v) is 5.05. The normalized spacial score (nSPS) is 10.5. The number of nitro benzene ring substituents is 1. The molecule has 0 bridgehead atoms. The van der Waals surface area contributed by atoms with Crippen molar-refractivity contribution in [2.45, 2.75) is 6.42 Å². The minimum absolute atomic E-state index is 0.00664. The topological polar surface area (TPSA) is 110 Å². The average molecular weight is 326 g/mol. The molecule has 0 aliphatic carbocycles. The van der Waals surface area contributed by atoms with Crippen LogP contribution in [0.25, 0.3) is 10.9 Å². The lowest BCUT2D eigenvalue weighted by atomic mass is 10.1. The molecule has 0 aliphatic rings. The number of hydrogen-bond acceptors (Lipinski definition) is 6. The Kier molecular flexibility index (Phi) is 4.37. The van der Waals surface area contributed by atoms with Crippen LogP contribution in [0.4, 0.5) is 17.1 Å². The first-order chi connectivity index (χ1) is 11.7. The number of fused-ring (bicyclic) bond motifs is 1. The zero-order chi connectivity index (χ0) is 16.9. The van der Waals surface area contributed by atoms with Gasteiger partial charge < -0.3 is 15.0 Å². The maximum atomic E-state index is 11.2. The van der Waals surface area contributed by atoms with Gasteiger partial charge in [-0.25, -0.2) is 0 Å². The summed E-state index contributed by atoms with van der Waals surface area (Å²) in [6, 6.07) is 8.55. The molecule has 0 amide bonds. The largest absolute Gasteiger partial charge is 0.467 e. The second-order valence-electron chi connectivity index (χ2n) is 5.05. The van der Waals surface area contributed by atoms with Gasteiger partial charge in [-0.3, -0.25) is 19.9 Å². The number of nitrogens with zero attached hydrogens (tertiary/aromatic N) is 2. The van der Waals surface area contributed by atoms with Gasteiger partial charge in [0.25, 0.3) is 12.2 Å². The molecule has 2 N–H and O–H groups in total. The zero-order valence-electron chi connectivity index (χ0n) is 12.6. The Morgan fingerprint density at radius 3 is 2.79 bits per heavy atom. The zero-order valence-corrected chi connectivity index (χ0v) is 12.6. The number of ether oxygens (including phenoxy) is 1. The molecule has 0 atom stereocenters. The van der Waals surface area contributed by atoms with Gasteiger partial charge in [0.1, 0.15) is 5.52 Å². The molecule has 0 saturated carbocycles. The van der Waals surface area contributed by atoms with Crippen LogP contribution in [0.3, 0.4) is 0 Å². The quantitative estimate of drug-likeness (QED) is 0.299. The lowest BCUT2D eigenvalue weighted by Crippen LogP contribution is -1.96.